The first kappa shape index (κ1) is 18.1. The highest BCUT2D eigenvalue weighted by Gasteiger charge is 2.18. The van der Waals surface area contributed by atoms with E-state index >= 15 is 0 Å². The summed E-state index contributed by atoms with van der Waals surface area (Å²) in [5.41, 5.74) is 5.80. The molecule has 0 spiro atoms. The third kappa shape index (κ3) is 4.38. The average Bonchev–Trinajstić information content (AvgIpc) is 2.52. The topological polar surface area (TPSA) is 38.3 Å². The molecule has 0 heterocycles. The van der Waals surface area contributed by atoms with Gasteiger partial charge in [0.1, 0.15) is 5.75 Å². The van der Waals surface area contributed by atoms with Gasteiger partial charge in [0.15, 0.2) is 6.10 Å². The zero-order valence-electron chi connectivity index (χ0n) is 15.4. The van der Waals surface area contributed by atoms with Crippen LogP contribution in [0.25, 0.3) is 0 Å². The predicted molar refractivity (Wildman–Crippen MR) is 98.5 cm³/mol. The van der Waals surface area contributed by atoms with Crippen LogP contribution in [-0.4, -0.2) is 12.0 Å². The molecule has 0 saturated heterocycles. The molecule has 2 aromatic carbocycles. The Morgan fingerprint density at radius 2 is 1.62 bits per heavy atom. The zero-order chi connectivity index (χ0) is 17.9. The molecule has 0 bridgehead atoms. The molecule has 2 aromatic rings. The quantitative estimate of drug-likeness (QED) is 0.875. The minimum Gasteiger partial charge on any atom is -0.481 e. The molecule has 0 fully saturated rings. The zero-order valence-corrected chi connectivity index (χ0v) is 15.4. The van der Waals surface area contributed by atoms with Gasteiger partial charge in [0, 0.05) is 0 Å². The number of benzene rings is 2. The van der Waals surface area contributed by atoms with E-state index in [2.05, 4.69) is 43.4 Å². The molecule has 1 amide bonds. The molecule has 2 rings (SSSR count). The van der Waals surface area contributed by atoms with Crippen LogP contribution < -0.4 is 10.1 Å². The van der Waals surface area contributed by atoms with Crippen LogP contribution in [0, 0.1) is 27.7 Å². The van der Waals surface area contributed by atoms with Crippen molar-refractivity contribution in [3.8, 4) is 5.75 Å². The van der Waals surface area contributed by atoms with E-state index in [1.807, 2.05) is 32.9 Å². The fourth-order valence-corrected chi connectivity index (χ4v) is 2.62. The molecule has 0 aromatic heterocycles. The second kappa shape index (κ2) is 7.52. The van der Waals surface area contributed by atoms with E-state index < -0.39 is 6.10 Å². The first-order chi connectivity index (χ1) is 11.3. The second-order valence-corrected chi connectivity index (χ2v) is 6.60. The molecule has 0 aliphatic rings. The number of carbonyl (C=O) groups is 1. The number of hydrogen-bond donors (Lipinski definition) is 1. The number of hydrogen-bond acceptors (Lipinski definition) is 2. The molecular weight excluding hydrogens is 298 g/mol. The lowest BCUT2D eigenvalue weighted by atomic mass is 10.0. The summed E-state index contributed by atoms with van der Waals surface area (Å²) in [5, 5.41) is 3.03. The lowest BCUT2D eigenvalue weighted by Gasteiger charge is -2.20. The number of aryl methyl sites for hydroxylation is 4. The Bertz CT molecular complexity index is 737. The van der Waals surface area contributed by atoms with Crippen LogP contribution in [0.2, 0.25) is 0 Å². The van der Waals surface area contributed by atoms with Gasteiger partial charge in [-0.15, -0.1) is 0 Å². The van der Waals surface area contributed by atoms with Gasteiger partial charge in [-0.1, -0.05) is 35.9 Å². The van der Waals surface area contributed by atoms with Crippen molar-refractivity contribution >= 4 is 5.91 Å². The smallest absolute Gasteiger partial charge is 0.261 e. The van der Waals surface area contributed by atoms with Crippen molar-refractivity contribution in [2.75, 3.05) is 0 Å². The van der Waals surface area contributed by atoms with E-state index in [0.717, 1.165) is 16.9 Å². The largest absolute Gasteiger partial charge is 0.481 e. The van der Waals surface area contributed by atoms with E-state index in [1.54, 1.807) is 6.92 Å². The van der Waals surface area contributed by atoms with Gasteiger partial charge >= 0.3 is 0 Å². The van der Waals surface area contributed by atoms with Crippen molar-refractivity contribution in [2.24, 2.45) is 0 Å². The van der Waals surface area contributed by atoms with E-state index in [-0.39, 0.29) is 11.9 Å². The van der Waals surface area contributed by atoms with E-state index in [1.165, 1.54) is 16.7 Å². The van der Waals surface area contributed by atoms with Crippen LogP contribution in [0.3, 0.4) is 0 Å². The Labute approximate surface area is 145 Å². The molecule has 0 radical (unpaired) electrons. The van der Waals surface area contributed by atoms with Gasteiger partial charge in [0.25, 0.3) is 5.91 Å². The summed E-state index contributed by atoms with van der Waals surface area (Å²) >= 11 is 0. The molecule has 128 valence electrons. The van der Waals surface area contributed by atoms with E-state index in [0.29, 0.717) is 0 Å². The molecular formula is C21H27NO2. The van der Waals surface area contributed by atoms with Gasteiger partial charge in [-0.25, -0.2) is 0 Å². The lowest BCUT2D eigenvalue weighted by Crippen LogP contribution is -2.37. The van der Waals surface area contributed by atoms with Crippen molar-refractivity contribution in [2.45, 2.75) is 53.7 Å². The Kier molecular flexibility index (Phi) is 5.66. The molecule has 3 heteroatoms. The number of ether oxygens (including phenoxy) is 1. The van der Waals surface area contributed by atoms with Crippen molar-refractivity contribution in [3.63, 3.8) is 0 Å². The van der Waals surface area contributed by atoms with Crippen LogP contribution in [0.1, 0.15) is 47.7 Å². The maximum Gasteiger partial charge on any atom is 0.261 e. The van der Waals surface area contributed by atoms with Gasteiger partial charge in [0.05, 0.1) is 6.04 Å². The normalized spacial score (nSPS) is 13.2. The summed E-state index contributed by atoms with van der Waals surface area (Å²) in [4.78, 5) is 12.4. The van der Waals surface area contributed by atoms with Crippen molar-refractivity contribution in [1.29, 1.82) is 0 Å². The van der Waals surface area contributed by atoms with Gasteiger partial charge in [-0.05, 0) is 69.9 Å². The van der Waals surface area contributed by atoms with Gasteiger partial charge in [0.2, 0.25) is 0 Å². The molecule has 24 heavy (non-hydrogen) atoms. The maximum atomic E-state index is 12.4. The molecule has 0 aliphatic heterocycles. The van der Waals surface area contributed by atoms with Crippen molar-refractivity contribution in [3.05, 3.63) is 64.2 Å². The highest BCUT2D eigenvalue weighted by atomic mass is 16.5. The Morgan fingerprint density at radius 1 is 0.917 bits per heavy atom. The molecule has 0 unspecified atom stereocenters. The SMILES string of the molecule is Cc1ccc(O[C@H](C)C(=O)N[C@H](C)c2ccc(C)c(C)c2)c(C)c1. The second-order valence-electron chi connectivity index (χ2n) is 6.60. The highest BCUT2D eigenvalue weighted by Crippen LogP contribution is 2.21. The van der Waals surface area contributed by atoms with Crippen LogP contribution in [-0.2, 0) is 4.79 Å². The Hall–Kier alpha value is -2.29. The third-order valence-corrected chi connectivity index (χ3v) is 4.39. The summed E-state index contributed by atoms with van der Waals surface area (Å²) in [7, 11) is 0. The number of carbonyl (C=O) groups excluding carboxylic acids is 1. The molecule has 0 aliphatic carbocycles. The molecule has 2 atom stereocenters. The monoisotopic (exact) mass is 325 g/mol. The highest BCUT2D eigenvalue weighted by molar-refractivity contribution is 5.81. The van der Waals surface area contributed by atoms with Crippen LogP contribution >= 0.6 is 0 Å². The van der Waals surface area contributed by atoms with E-state index in [4.69, 9.17) is 4.74 Å². The van der Waals surface area contributed by atoms with Crippen LogP contribution in [0.15, 0.2) is 36.4 Å². The molecule has 1 N–H and O–H groups in total. The Morgan fingerprint density at radius 3 is 2.25 bits per heavy atom. The standard InChI is InChI=1S/C21H27NO2/c1-13-7-10-20(16(4)11-13)24-18(6)21(23)22-17(5)19-9-8-14(2)15(3)12-19/h7-12,17-18H,1-6H3,(H,22,23)/t17-,18-/m1/s1. The number of amides is 1. The van der Waals surface area contributed by atoms with Crippen molar-refractivity contribution in [1.82, 2.24) is 5.32 Å². The van der Waals surface area contributed by atoms with Crippen molar-refractivity contribution < 1.29 is 9.53 Å². The predicted octanol–water partition coefficient (Wildman–Crippen LogP) is 4.56. The first-order valence-corrected chi connectivity index (χ1v) is 8.39. The van der Waals surface area contributed by atoms with Crippen LogP contribution in [0.4, 0.5) is 0 Å². The first-order valence-electron chi connectivity index (χ1n) is 8.39. The van der Waals surface area contributed by atoms with Crippen LogP contribution in [0.5, 0.6) is 5.75 Å². The summed E-state index contributed by atoms with van der Waals surface area (Å²) in [6.07, 6.45) is -0.541. The fraction of sp³-hybridized carbons (Fsp3) is 0.381. The van der Waals surface area contributed by atoms with Gasteiger partial charge in [-0.2, -0.15) is 0 Å². The Balaban J connectivity index is 2.01. The maximum absolute atomic E-state index is 12.4. The van der Waals surface area contributed by atoms with Gasteiger partial charge < -0.3 is 10.1 Å². The molecule has 0 saturated carbocycles. The van der Waals surface area contributed by atoms with E-state index in [9.17, 15) is 4.79 Å². The minimum absolute atomic E-state index is 0.0537. The molecule has 3 nitrogen and oxygen atoms in total. The summed E-state index contributed by atoms with van der Waals surface area (Å²) < 4.78 is 5.83. The third-order valence-electron chi connectivity index (χ3n) is 4.39. The lowest BCUT2D eigenvalue weighted by molar-refractivity contribution is -0.127. The number of rotatable bonds is 5. The van der Waals surface area contributed by atoms with Gasteiger partial charge in [-0.3, -0.25) is 4.79 Å². The number of nitrogens with one attached hydrogen (secondary N) is 1. The summed E-state index contributed by atoms with van der Waals surface area (Å²) in [5.74, 6) is 0.641. The summed E-state index contributed by atoms with van der Waals surface area (Å²) in [6, 6.07) is 12.2. The average molecular weight is 325 g/mol. The summed E-state index contributed by atoms with van der Waals surface area (Å²) in [6.45, 7) is 12.0. The fourth-order valence-electron chi connectivity index (χ4n) is 2.62. The minimum atomic E-state index is -0.541.